The van der Waals surface area contributed by atoms with Crippen molar-refractivity contribution in [2.45, 2.75) is 31.7 Å². The van der Waals surface area contributed by atoms with Crippen LogP contribution < -0.4 is 5.32 Å². The lowest BCUT2D eigenvalue weighted by Gasteiger charge is -2.23. The number of likely N-dealkylation sites (tertiary alicyclic amines) is 1. The molecule has 32 heavy (non-hydrogen) atoms. The summed E-state index contributed by atoms with van der Waals surface area (Å²) in [5.74, 6) is -0.346. The molecule has 1 fully saturated rings. The molecule has 1 aliphatic heterocycles. The first kappa shape index (κ1) is 20.1. The Morgan fingerprint density at radius 2 is 1.94 bits per heavy atom. The van der Waals surface area contributed by atoms with Crippen molar-refractivity contribution in [1.29, 1.82) is 0 Å². The monoisotopic (exact) mass is 428 g/mol. The number of nitrogens with one attached hydrogen (secondary N) is 1. The van der Waals surface area contributed by atoms with E-state index in [9.17, 15) is 9.59 Å². The lowest BCUT2D eigenvalue weighted by Crippen LogP contribution is -2.43. The predicted molar refractivity (Wildman–Crippen MR) is 121 cm³/mol. The summed E-state index contributed by atoms with van der Waals surface area (Å²) in [6.45, 7) is 0.509. The zero-order valence-electron chi connectivity index (χ0n) is 17.6. The third kappa shape index (κ3) is 3.89. The maximum atomic E-state index is 13.2. The molecule has 5 rings (SSSR count). The molecule has 0 bridgehead atoms. The highest BCUT2D eigenvalue weighted by atomic mass is 16.5. The van der Waals surface area contributed by atoms with Crippen LogP contribution in [0, 0.1) is 0 Å². The molecule has 7 heteroatoms. The van der Waals surface area contributed by atoms with Crippen LogP contribution >= 0.6 is 0 Å². The van der Waals surface area contributed by atoms with Crippen molar-refractivity contribution in [3.8, 4) is 5.69 Å². The van der Waals surface area contributed by atoms with Crippen molar-refractivity contribution in [2.24, 2.45) is 0 Å². The first-order valence-electron chi connectivity index (χ1n) is 10.9. The standard InChI is InChI=1S/C25H24N4O3/c30-24(26-19-11-4-5-12-21(19)28-14-6-7-15-28)22-13-8-16-29(22)25(31)23-17-20(27-32-23)18-9-2-1-3-10-18/h2,4-7,9-12,14-15,17,22H,1,3,8,13,16H2,(H,26,30)/t22-/m0/s1. The van der Waals surface area contributed by atoms with Crippen LogP contribution in [0.5, 0.6) is 0 Å². The van der Waals surface area contributed by atoms with Gasteiger partial charge in [0.2, 0.25) is 11.7 Å². The Balaban J connectivity index is 1.33. The van der Waals surface area contributed by atoms with E-state index in [0.717, 1.165) is 30.5 Å². The summed E-state index contributed by atoms with van der Waals surface area (Å²) in [4.78, 5) is 27.9. The minimum Gasteiger partial charge on any atom is -0.350 e. The lowest BCUT2D eigenvalue weighted by molar-refractivity contribution is -0.119. The minimum absolute atomic E-state index is 0.160. The van der Waals surface area contributed by atoms with Gasteiger partial charge in [-0.3, -0.25) is 9.59 Å². The molecule has 1 atom stereocenters. The van der Waals surface area contributed by atoms with Gasteiger partial charge in [0.05, 0.1) is 11.4 Å². The van der Waals surface area contributed by atoms with Gasteiger partial charge in [-0.1, -0.05) is 35.5 Å². The molecule has 162 valence electrons. The zero-order valence-corrected chi connectivity index (χ0v) is 17.6. The Morgan fingerprint density at radius 1 is 1.09 bits per heavy atom. The molecule has 1 N–H and O–H groups in total. The molecule has 7 nitrogen and oxygen atoms in total. The molecule has 1 aromatic carbocycles. The van der Waals surface area contributed by atoms with Crippen LogP contribution in [-0.2, 0) is 4.79 Å². The topological polar surface area (TPSA) is 80.4 Å². The summed E-state index contributed by atoms with van der Waals surface area (Å²) in [5, 5.41) is 7.08. The van der Waals surface area contributed by atoms with Crippen molar-refractivity contribution < 1.29 is 14.1 Å². The molecule has 0 spiro atoms. The van der Waals surface area contributed by atoms with Crippen LogP contribution in [0.15, 0.2) is 77.6 Å². The maximum Gasteiger partial charge on any atom is 0.293 e. The van der Waals surface area contributed by atoms with Crippen molar-refractivity contribution in [3.05, 3.63) is 84.5 Å². The number of aromatic nitrogens is 2. The molecule has 2 amide bonds. The Hall–Kier alpha value is -3.87. The Morgan fingerprint density at radius 3 is 2.75 bits per heavy atom. The van der Waals surface area contributed by atoms with Crippen LogP contribution in [0.25, 0.3) is 11.3 Å². The van der Waals surface area contributed by atoms with Gasteiger partial charge in [-0.15, -0.1) is 0 Å². The number of amides is 2. The Bertz CT molecular complexity index is 1190. The first-order valence-corrected chi connectivity index (χ1v) is 10.9. The molecule has 1 aliphatic carbocycles. The lowest BCUT2D eigenvalue weighted by atomic mass is 10.0. The van der Waals surface area contributed by atoms with Gasteiger partial charge in [0, 0.05) is 25.0 Å². The summed E-state index contributed by atoms with van der Waals surface area (Å²) in [6.07, 6.45) is 13.3. The SMILES string of the molecule is O=C(Nc1ccccc1-n1cccc1)[C@@H]1CCCN1C(=O)c1cc(C2=CCCC=C2)no1. The van der Waals surface area contributed by atoms with Gasteiger partial charge < -0.3 is 19.3 Å². The molecular formula is C25H24N4O3. The van der Waals surface area contributed by atoms with Gasteiger partial charge in [0.25, 0.3) is 5.91 Å². The number of carbonyl (C=O) groups is 2. The number of rotatable bonds is 5. The van der Waals surface area contributed by atoms with Crippen molar-refractivity contribution >= 4 is 23.1 Å². The Kier molecular flexibility index (Phi) is 5.46. The number of para-hydroxylation sites is 2. The average Bonchev–Trinajstić information content (AvgIpc) is 3.61. The summed E-state index contributed by atoms with van der Waals surface area (Å²) in [5.41, 5.74) is 3.17. The third-order valence-electron chi connectivity index (χ3n) is 5.87. The van der Waals surface area contributed by atoms with E-state index < -0.39 is 6.04 Å². The smallest absolute Gasteiger partial charge is 0.293 e. The van der Waals surface area contributed by atoms with Crippen molar-refractivity contribution in [1.82, 2.24) is 14.6 Å². The van der Waals surface area contributed by atoms with E-state index in [2.05, 4.69) is 22.6 Å². The number of nitrogens with zero attached hydrogens (tertiary/aromatic N) is 3. The van der Waals surface area contributed by atoms with Gasteiger partial charge in [-0.2, -0.15) is 0 Å². The second kappa shape index (κ2) is 8.70. The molecular weight excluding hydrogens is 404 g/mol. The maximum absolute atomic E-state index is 13.2. The summed E-state index contributed by atoms with van der Waals surface area (Å²) >= 11 is 0. The molecule has 3 aromatic rings. The van der Waals surface area contributed by atoms with Gasteiger partial charge in [-0.05, 0) is 55.5 Å². The number of hydrogen-bond donors (Lipinski definition) is 1. The fraction of sp³-hybridized carbons (Fsp3) is 0.240. The average molecular weight is 428 g/mol. The largest absolute Gasteiger partial charge is 0.350 e. The molecule has 0 radical (unpaired) electrons. The summed E-state index contributed by atoms with van der Waals surface area (Å²) in [7, 11) is 0. The van der Waals surface area contributed by atoms with E-state index in [-0.39, 0.29) is 17.6 Å². The minimum atomic E-state index is -0.553. The predicted octanol–water partition coefficient (Wildman–Crippen LogP) is 4.44. The summed E-state index contributed by atoms with van der Waals surface area (Å²) < 4.78 is 7.30. The van der Waals surface area contributed by atoms with Gasteiger partial charge in [-0.25, -0.2) is 0 Å². The summed E-state index contributed by atoms with van der Waals surface area (Å²) in [6, 6.07) is 12.6. The normalized spacial score (nSPS) is 17.9. The molecule has 2 aliphatic rings. The molecule has 0 unspecified atom stereocenters. The molecule has 1 saturated heterocycles. The quantitative estimate of drug-likeness (QED) is 0.651. The van der Waals surface area contributed by atoms with Gasteiger partial charge >= 0.3 is 0 Å². The van der Waals surface area contributed by atoms with Crippen molar-refractivity contribution in [3.63, 3.8) is 0 Å². The second-order valence-corrected chi connectivity index (χ2v) is 7.97. The van der Waals surface area contributed by atoms with Gasteiger partial charge in [0.15, 0.2) is 0 Å². The van der Waals surface area contributed by atoms with E-state index in [0.29, 0.717) is 24.3 Å². The fourth-order valence-corrected chi connectivity index (χ4v) is 4.25. The highest BCUT2D eigenvalue weighted by Gasteiger charge is 2.36. The van der Waals surface area contributed by atoms with E-state index >= 15 is 0 Å². The van der Waals surface area contributed by atoms with Crippen molar-refractivity contribution in [2.75, 3.05) is 11.9 Å². The van der Waals surface area contributed by atoms with E-state index in [1.807, 2.05) is 59.4 Å². The number of carbonyl (C=O) groups excluding carboxylic acids is 2. The number of benzene rings is 1. The first-order chi connectivity index (χ1) is 15.7. The van der Waals surface area contributed by atoms with E-state index in [4.69, 9.17) is 4.52 Å². The number of anilines is 1. The van der Waals surface area contributed by atoms with Crippen LogP contribution in [0.1, 0.15) is 41.9 Å². The molecule has 0 saturated carbocycles. The van der Waals surface area contributed by atoms with Crippen LogP contribution in [0.2, 0.25) is 0 Å². The Labute approximate surface area is 186 Å². The second-order valence-electron chi connectivity index (χ2n) is 7.97. The fourth-order valence-electron chi connectivity index (χ4n) is 4.25. The number of allylic oxidation sites excluding steroid dienone is 4. The third-order valence-corrected chi connectivity index (χ3v) is 5.87. The highest BCUT2D eigenvalue weighted by molar-refractivity contribution is 6.01. The van der Waals surface area contributed by atoms with Crippen LogP contribution in [-0.4, -0.2) is 39.0 Å². The molecule has 3 heterocycles. The zero-order chi connectivity index (χ0) is 21.9. The van der Waals surface area contributed by atoms with Crippen LogP contribution in [0.4, 0.5) is 5.69 Å². The van der Waals surface area contributed by atoms with Gasteiger partial charge in [0.1, 0.15) is 11.7 Å². The van der Waals surface area contributed by atoms with E-state index in [1.165, 1.54) is 0 Å². The highest BCUT2D eigenvalue weighted by Crippen LogP contribution is 2.26. The number of hydrogen-bond acceptors (Lipinski definition) is 4. The molecule has 2 aromatic heterocycles. The van der Waals surface area contributed by atoms with E-state index in [1.54, 1.807) is 11.0 Å². The van der Waals surface area contributed by atoms with Crippen LogP contribution in [0.3, 0.4) is 0 Å².